The van der Waals surface area contributed by atoms with Crippen molar-refractivity contribution in [2.45, 2.75) is 31.5 Å². The third-order valence-corrected chi connectivity index (χ3v) is 9.07. The summed E-state index contributed by atoms with van der Waals surface area (Å²) in [5.41, 5.74) is 1.56. The minimum Gasteiger partial charge on any atom is -0.343 e. The number of thiazole rings is 1. The average Bonchev–Trinajstić information content (AvgIpc) is 3.19. The Balaban J connectivity index is 1.58. The maximum Gasteiger partial charge on any atom is 0.280 e. The Bertz CT molecular complexity index is 1440. The molecule has 9 nitrogen and oxygen atoms in total. The maximum atomic E-state index is 13.5. The van der Waals surface area contributed by atoms with Gasteiger partial charge in [0.15, 0.2) is 4.47 Å². The highest BCUT2D eigenvalue weighted by molar-refractivity contribution is 7.87. The topological polar surface area (TPSA) is 120 Å². The van der Waals surface area contributed by atoms with Crippen LogP contribution in [0.1, 0.15) is 28.6 Å². The number of halogens is 3. The third-order valence-electron chi connectivity index (χ3n) is 5.86. The number of hydrogen-bond acceptors (Lipinski definition) is 6. The van der Waals surface area contributed by atoms with E-state index < -0.39 is 46.0 Å². The van der Waals surface area contributed by atoms with Gasteiger partial charge in [0.05, 0.1) is 21.6 Å². The first-order valence-corrected chi connectivity index (χ1v) is 14.0. The summed E-state index contributed by atoms with van der Waals surface area (Å²) in [6.45, 7) is 1.76. The smallest absolute Gasteiger partial charge is 0.280 e. The summed E-state index contributed by atoms with van der Waals surface area (Å²) in [6, 6.07) is 9.57. The second-order valence-corrected chi connectivity index (χ2v) is 12.1. The van der Waals surface area contributed by atoms with Crippen molar-refractivity contribution in [1.82, 2.24) is 19.3 Å². The van der Waals surface area contributed by atoms with Crippen LogP contribution < -0.4 is 15.4 Å². The molecule has 3 aromatic rings. The molecule has 3 unspecified atom stereocenters. The van der Waals surface area contributed by atoms with Crippen molar-refractivity contribution < 1.29 is 22.4 Å². The molecule has 1 aliphatic rings. The Labute approximate surface area is 227 Å². The van der Waals surface area contributed by atoms with Gasteiger partial charge < -0.3 is 10.6 Å². The zero-order valence-electron chi connectivity index (χ0n) is 19.5. The molecule has 3 atom stereocenters. The van der Waals surface area contributed by atoms with Gasteiger partial charge in [0.1, 0.15) is 17.9 Å². The highest BCUT2D eigenvalue weighted by Gasteiger charge is 2.43. The lowest BCUT2D eigenvalue weighted by Crippen LogP contribution is -2.62. The van der Waals surface area contributed by atoms with Gasteiger partial charge in [-0.05, 0) is 37.1 Å². The number of hydrogen-bond donors (Lipinski definition) is 3. The van der Waals surface area contributed by atoms with Crippen LogP contribution in [-0.2, 0) is 19.8 Å². The van der Waals surface area contributed by atoms with E-state index in [1.165, 1.54) is 30.5 Å². The number of carbonyl (C=O) groups excluding carboxylic acids is 2. The zero-order valence-corrected chi connectivity index (χ0v) is 22.7. The van der Waals surface area contributed by atoms with Crippen molar-refractivity contribution in [2.75, 3.05) is 12.4 Å². The van der Waals surface area contributed by atoms with Gasteiger partial charge in [-0.25, -0.2) is 9.37 Å². The monoisotopic (exact) mass is 585 g/mol. The molecule has 2 aromatic carbocycles. The maximum absolute atomic E-state index is 13.5. The Hall–Kier alpha value is -2.61. The quantitative estimate of drug-likeness (QED) is 0.408. The van der Waals surface area contributed by atoms with Gasteiger partial charge in [-0.2, -0.15) is 17.4 Å². The van der Waals surface area contributed by atoms with Crippen LogP contribution in [0.15, 0.2) is 48.5 Å². The summed E-state index contributed by atoms with van der Waals surface area (Å²) in [6.07, 6.45) is -0.160. The summed E-state index contributed by atoms with van der Waals surface area (Å²) < 4.78 is 42.6. The Morgan fingerprint density at radius 2 is 1.89 bits per heavy atom. The van der Waals surface area contributed by atoms with Crippen LogP contribution in [0.4, 0.5) is 10.1 Å². The predicted octanol–water partition coefficient (Wildman–Crippen LogP) is 3.65. The van der Waals surface area contributed by atoms with Crippen molar-refractivity contribution in [3.8, 4) is 0 Å². The summed E-state index contributed by atoms with van der Waals surface area (Å²) in [5, 5.41) is 5.22. The normalized spacial score (nSPS) is 20.2. The van der Waals surface area contributed by atoms with Crippen LogP contribution in [0, 0.1) is 12.7 Å². The molecule has 3 N–H and O–H groups in total. The van der Waals surface area contributed by atoms with Crippen molar-refractivity contribution >= 4 is 62.2 Å². The van der Waals surface area contributed by atoms with E-state index in [1.807, 2.05) is 30.3 Å². The predicted molar refractivity (Wildman–Crippen MR) is 140 cm³/mol. The molecule has 1 aliphatic heterocycles. The van der Waals surface area contributed by atoms with Crippen molar-refractivity contribution in [3.63, 3.8) is 0 Å². The van der Waals surface area contributed by atoms with Crippen molar-refractivity contribution in [2.24, 2.45) is 0 Å². The second kappa shape index (κ2) is 11.0. The first-order chi connectivity index (χ1) is 17.5. The molecule has 37 heavy (non-hydrogen) atoms. The molecule has 196 valence electrons. The molecule has 0 radical (unpaired) electrons. The van der Waals surface area contributed by atoms with Crippen LogP contribution in [0.3, 0.4) is 0 Å². The third kappa shape index (κ3) is 6.11. The van der Waals surface area contributed by atoms with E-state index in [9.17, 15) is 22.4 Å². The number of carbonyl (C=O) groups is 2. The highest BCUT2D eigenvalue weighted by Crippen LogP contribution is 2.33. The molecule has 0 saturated carbocycles. The van der Waals surface area contributed by atoms with Gasteiger partial charge in [-0.1, -0.05) is 53.5 Å². The zero-order chi connectivity index (χ0) is 26.9. The number of benzene rings is 2. The number of anilines is 1. The first kappa shape index (κ1) is 27.4. The van der Waals surface area contributed by atoms with Gasteiger partial charge in [0.25, 0.3) is 10.2 Å². The van der Waals surface area contributed by atoms with E-state index in [2.05, 4.69) is 20.3 Å². The fourth-order valence-corrected chi connectivity index (χ4v) is 6.59. The molecular formula is C23H22Cl2FN5O4S2. The molecule has 4 rings (SSSR count). The van der Waals surface area contributed by atoms with Crippen LogP contribution in [0.25, 0.3) is 0 Å². The fourth-order valence-electron chi connectivity index (χ4n) is 3.91. The Morgan fingerprint density at radius 3 is 2.51 bits per heavy atom. The molecule has 0 aliphatic carbocycles. The van der Waals surface area contributed by atoms with Gasteiger partial charge in [-0.15, -0.1) is 11.3 Å². The highest BCUT2D eigenvalue weighted by atomic mass is 35.5. The summed E-state index contributed by atoms with van der Waals surface area (Å²) in [5.74, 6) is -1.99. The van der Waals surface area contributed by atoms with E-state index in [-0.39, 0.29) is 17.1 Å². The number of nitrogens with zero attached hydrogens (tertiary/aromatic N) is 2. The van der Waals surface area contributed by atoms with Crippen LogP contribution >= 0.6 is 34.5 Å². The molecule has 1 fully saturated rings. The van der Waals surface area contributed by atoms with E-state index >= 15 is 0 Å². The van der Waals surface area contributed by atoms with E-state index in [0.717, 1.165) is 15.9 Å². The van der Waals surface area contributed by atoms with Gasteiger partial charge in [0.2, 0.25) is 11.8 Å². The van der Waals surface area contributed by atoms with E-state index in [1.54, 1.807) is 6.92 Å². The minimum atomic E-state index is -4.18. The molecule has 2 heterocycles. The van der Waals surface area contributed by atoms with Crippen LogP contribution in [0.5, 0.6) is 0 Å². The lowest BCUT2D eigenvalue weighted by atomic mass is 10.0. The van der Waals surface area contributed by atoms with Gasteiger partial charge >= 0.3 is 0 Å². The Kier molecular flexibility index (Phi) is 8.17. The standard InChI is InChI=1S/C23H22Cl2FN5O4S2/c1-12-20(36-23(25)27-12)19(13-6-4-3-5-7-13)29-21(32)17-11-18(31(2)37(34,35)30-17)22(33)28-14-8-9-16(26)15(24)10-14/h3-10,17-19,30H,11H2,1-2H3,(H,28,33)(H,29,32). The first-order valence-electron chi connectivity index (χ1n) is 11.0. The summed E-state index contributed by atoms with van der Waals surface area (Å²) in [7, 11) is -2.95. The number of amides is 2. The molecule has 14 heteroatoms. The number of likely N-dealkylation sites (N-methyl/N-ethyl adjacent to an activating group) is 1. The summed E-state index contributed by atoms with van der Waals surface area (Å²) in [4.78, 5) is 31.3. The largest absolute Gasteiger partial charge is 0.343 e. The molecule has 0 bridgehead atoms. The number of aryl methyl sites for hydroxylation is 1. The molecular weight excluding hydrogens is 564 g/mol. The fraction of sp³-hybridized carbons (Fsp3) is 0.261. The molecule has 1 saturated heterocycles. The lowest BCUT2D eigenvalue weighted by Gasteiger charge is -2.36. The van der Waals surface area contributed by atoms with Gasteiger partial charge in [-0.3, -0.25) is 9.59 Å². The molecule has 1 aromatic heterocycles. The summed E-state index contributed by atoms with van der Waals surface area (Å²) >= 11 is 13.1. The van der Waals surface area contributed by atoms with Crippen LogP contribution in [-0.4, -0.2) is 48.7 Å². The van der Waals surface area contributed by atoms with Gasteiger partial charge in [0, 0.05) is 12.7 Å². The number of rotatable bonds is 6. The second-order valence-electron chi connectivity index (χ2n) is 8.33. The van der Waals surface area contributed by atoms with E-state index in [0.29, 0.717) is 15.0 Å². The molecule has 0 spiro atoms. The Morgan fingerprint density at radius 1 is 1.19 bits per heavy atom. The number of aromatic nitrogens is 1. The average molecular weight is 586 g/mol. The van der Waals surface area contributed by atoms with E-state index in [4.69, 9.17) is 23.2 Å². The van der Waals surface area contributed by atoms with Crippen molar-refractivity contribution in [1.29, 1.82) is 0 Å². The number of nitrogens with one attached hydrogen (secondary N) is 3. The van der Waals surface area contributed by atoms with Crippen molar-refractivity contribution in [3.05, 3.63) is 80.0 Å². The lowest BCUT2D eigenvalue weighted by molar-refractivity contribution is -0.125. The SMILES string of the molecule is Cc1nc(Cl)sc1C(NC(=O)C1CC(C(=O)Nc2ccc(F)c(Cl)c2)N(C)S(=O)(=O)N1)c1ccccc1. The minimum absolute atomic E-state index is 0.160. The van der Waals surface area contributed by atoms with Crippen LogP contribution in [0.2, 0.25) is 9.49 Å². The molecule has 2 amide bonds.